The van der Waals surface area contributed by atoms with Crippen molar-refractivity contribution in [3.05, 3.63) is 30.6 Å². The van der Waals surface area contributed by atoms with E-state index in [4.69, 9.17) is 4.74 Å². The zero-order chi connectivity index (χ0) is 17.4. The maximum absolute atomic E-state index is 12.9. The van der Waals surface area contributed by atoms with Gasteiger partial charge in [0.05, 0.1) is 35.1 Å². The third-order valence-corrected chi connectivity index (χ3v) is 5.98. The Morgan fingerprint density at radius 2 is 2.24 bits per heavy atom. The van der Waals surface area contributed by atoms with Gasteiger partial charge < -0.3 is 19.3 Å². The van der Waals surface area contributed by atoms with Crippen LogP contribution in [0.25, 0.3) is 11.0 Å². The molecule has 2 heterocycles. The highest BCUT2D eigenvalue weighted by Gasteiger charge is 2.52. The predicted octanol–water partition coefficient (Wildman–Crippen LogP) is 1.96. The van der Waals surface area contributed by atoms with Crippen LogP contribution in [-0.4, -0.2) is 56.9 Å². The lowest BCUT2D eigenvalue weighted by Crippen LogP contribution is -2.52. The van der Waals surface area contributed by atoms with Crippen molar-refractivity contribution in [2.75, 3.05) is 13.7 Å². The summed E-state index contributed by atoms with van der Waals surface area (Å²) >= 11 is 0. The Labute approximate surface area is 147 Å². The molecule has 2 unspecified atom stereocenters. The smallest absolute Gasteiger partial charge is 0.224 e. The summed E-state index contributed by atoms with van der Waals surface area (Å²) in [6, 6.07) is 7.95. The molecule has 1 aliphatic heterocycles. The molecule has 0 radical (unpaired) electrons. The van der Waals surface area contributed by atoms with E-state index in [9.17, 15) is 9.90 Å². The Morgan fingerprint density at radius 1 is 1.40 bits per heavy atom. The van der Waals surface area contributed by atoms with Gasteiger partial charge in [0, 0.05) is 26.6 Å². The second-order valence-electron chi connectivity index (χ2n) is 7.23. The monoisotopic (exact) mass is 343 g/mol. The number of imidazole rings is 1. The van der Waals surface area contributed by atoms with Crippen molar-refractivity contribution in [3.63, 3.8) is 0 Å². The van der Waals surface area contributed by atoms with Crippen LogP contribution < -0.4 is 0 Å². The van der Waals surface area contributed by atoms with Crippen LogP contribution in [0.2, 0.25) is 0 Å². The van der Waals surface area contributed by atoms with Gasteiger partial charge in [-0.2, -0.15) is 0 Å². The molecule has 1 aliphatic carbocycles. The number of para-hydroxylation sites is 2. The maximum Gasteiger partial charge on any atom is 0.224 e. The normalized spacial score (nSPS) is 29.1. The van der Waals surface area contributed by atoms with Crippen molar-refractivity contribution in [1.82, 2.24) is 14.5 Å². The highest BCUT2D eigenvalue weighted by molar-refractivity contribution is 5.78. The first-order valence-corrected chi connectivity index (χ1v) is 9.05. The molecule has 1 saturated carbocycles. The van der Waals surface area contributed by atoms with Gasteiger partial charge in [-0.3, -0.25) is 4.79 Å². The van der Waals surface area contributed by atoms with E-state index in [1.807, 2.05) is 33.7 Å². The number of nitrogens with zero attached hydrogens (tertiary/aromatic N) is 3. The van der Waals surface area contributed by atoms with Gasteiger partial charge in [0.1, 0.15) is 0 Å². The molecule has 2 fully saturated rings. The summed E-state index contributed by atoms with van der Waals surface area (Å²) < 4.78 is 7.85. The topological polar surface area (TPSA) is 67.6 Å². The number of benzene rings is 1. The van der Waals surface area contributed by atoms with Crippen LogP contribution in [-0.2, 0) is 16.1 Å². The number of aliphatic hydroxyl groups excluding tert-OH is 1. The summed E-state index contributed by atoms with van der Waals surface area (Å²) in [7, 11) is 1.73. The average Bonchev–Trinajstić information content (AvgIpc) is 3.21. The van der Waals surface area contributed by atoms with Crippen LogP contribution in [0.3, 0.4) is 0 Å². The van der Waals surface area contributed by atoms with Crippen LogP contribution >= 0.6 is 0 Å². The van der Waals surface area contributed by atoms with Crippen LogP contribution in [0.1, 0.15) is 32.1 Å². The van der Waals surface area contributed by atoms with E-state index in [2.05, 4.69) is 4.98 Å². The van der Waals surface area contributed by atoms with Crippen molar-refractivity contribution >= 4 is 16.9 Å². The van der Waals surface area contributed by atoms with Crippen LogP contribution in [0.4, 0.5) is 0 Å². The second kappa shape index (κ2) is 6.42. The highest BCUT2D eigenvalue weighted by Crippen LogP contribution is 2.42. The number of fused-ring (bicyclic) bond motifs is 2. The third-order valence-electron chi connectivity index (χ3n) is 5.98. The largest absolute Gasteiger partial charge is 0.393 e. The Hall–Kier alpha value is -1.92. The zero-order valence-corrected chi connectivity index (χ0v) is 14.6. The van der Waals surface area contributed by atoms with E-state index in [0.717, 1.165) is 36.8 Å². The predicted molar refractivity (Wildman–Crippen MR) is 94.1 cm³/mol. The number of carbonyl (C=O) groups is 1. The molecule has 1 aromatic carbocycles. The van der Waals surface area contributed by atoms with Crippen LogP contribution in [0.15, 0.2) is 30.6 Å². The number of rotatable bonds is 4. The summed E-state index contributed by atoms with van der Waals surface area (Å²) in [5, 5.41) is 10.1. The Kier molecular flexibility index (Phi) is 4.25. The standard InChI is InChI=1S/C19H25N3O3/c1-25-19-8-6-14(23)12-17(19)22(11-9-19)18(24)7-10-21-13-20-15-4-2-3-5-16(15)21/h2-5,13-14,17,23H,6-12H2,1H3/t14?,17?,19-/m1/s1. The zero-order valence-electron chi connectivity index (χ0n) is 14.6. The molecule has 0 spiro atoms. The number of ether oxygens (including phenoxy) is 1. The number of hydrogen-bond donors (Lipinski definition) is 1. The molecule has 2 aliphatic rings. The fraction of sp³-hybridized carbons (Fsp3) is 0.579. The van der Waals surface area contributed by atoms with Gasteiger partial charge in [-0.15, -0.1) is 0 Å². The molecule has 25 heavy (non-hydrogen) atoms. The fourth-order valence-corrected chi connectivity index (χ4v) is 4.52. The summed E-state index contributed by atoms with van der Waals surface area (Å²) in [6.07, 6.45) is 4.96. The lowest BCUT2D eigenvalue weighted by molar-refractivity contribution is -0.140. The van der Waals surface area contributed by atoms with Gasteiger partial charge in [-0.05, 0) is 37.8 Å². The van der Waals surface area contributed by atoms with Crippen molar-refractivity contribution in [2.45, 2.75) is 56.4 Å². The summed E-state index contributed by atoms with van der Waals surface area (Å²) in [6.45, 7) is 1.33. The molecule has 6 heteroatoms. The minimum atomic E-state index is -0.334. The average molecular weight is 343 g/mol. The molecule has 1 aromatic heterocycles. The van der Waals surface area contributed by atoms with Gasteiger partial charge >= 0.3 is 0 Å². The van der Waals surface area contributed by atoms with Crippen LogP contribution in [0, 0.1) is 0 Å². The number of hydrogen-bond acceptors (Lipinski definition) is 4. The number of aryl methyl sites for hydroxylation is 1. The fourth-order valence-electron chi connectivity index (χ4n) is 4.52. The molecule has 1 saturated heterocycles. The Morgan fingerprint density at radius 3 is 3.08 bits per heavy atom. The van der Waals surface area contributed by atoms with Gasteiger partial charge in [0.2, 0.25) is 5.91 Å². The molecule has 6 nitrogen and oxygen atoms in total. The molecule has 4 rings (SSSR count). The number of aliphatic hydroxyl groups is 1. The first-order chi connectivity index (χ1) is 12.1. The van der Waals surface area contributed by atoms with E-state index in [-0.39, 0.29) is 23.7 Å². The third kappa shape index (κ3) is 2.83. The quantitative estimate of drug-likeness (QED) is 0.921. The van der Waals surface area contributed by atoms with E-state index < -0.39 is 0 Å². The van der Waals surface area contributed by atoms with E-state index >= 15 is 0 Å². The molecule has 3 atom stereocenters. The number of methoxy groups -OCH3 is 1. The summed E-state index contributed by atoms with van der Waals surface area (Å²) in [4.78, 5) is 19.2. The number of amides is 1. The molecular weight excluding hydrogens is 318 g/mol. The van der Waals surface area contributed by atoms with Crippen molar-refractivity contribution in [1.29, 1.82) is 0 Å². The maximum atomic E-state index is 12.9. The molecule has 2 aromatic rings. The highest BCUT2D eigenvalue weighted by atomic mass is 16.5. The van der Waals surface area contributed by atoms with Gasteiger partial charge in [-0.25, -0.2) is 4.98 Å². The van der Waals surface area contributed by atoms with E-state index in [1.165, 1.54) is 0 Å². The van der Waals surface area contributed by atoms with Gasteiger partial charge in [0.15, 0.2) is 0 Å². The van der Waals surface area contributed by atoms with Crippen molar-refractivity contribution < 1.29 is 14.6 Å². The molecule has 0 bridgehead atoms. The Bertz CT molecular complexity index is 774. The molecule has 134 valence electrons. The Balaban J connectivity index is 1.46. The van der Waals surface area contributed by atoms with Gasteiger partial charge in [0.25, 0.3) is 0 Å². The minimum Gasteiger partial charge on any atom is -0.393 e. The number of likely N-dealkylation sites (tertiary alicyclic amines) is 1. The van der Waals surface area contributed by atoms with Crippen LogP contribution in [0.5, 0.6) is 0 Å². The van der Waals surface area contributed by atoms with Gasteiger partial charge in [-0.1, -0.05) is 12.1 Å². The summed E-state index contributed by atoms with van der Waals surface area (Å²) in [5.41, 5.74) is 1.73. The van der Waals surface area contributed by atoms with Crippen molar-refractivity contribution in [2.24, 2.45) is 0 Å². The first-order valence-electron chi connectivity index (χ1n) is 9.05. The number of carbonyl (C=O) groups excluding carboxylic acids is 1. The SMILES string of the molecule is CO[C@@]12CCC(O)CC1N(C(=O)CCn1cnc3ccccc31)CC2. The molecular formula is C19H25N3O3. The van der Waals surface area contributed by atoms with Crippen molar-refractivity contribution in [3.8, 4) is 0 Å². The lowest BCUT2D eigenvalue weighted by atomic mass is 9.79. The molecule has 1 amide bonds. The first kappa shape index (κ1) is 16.5. The minimum absolute atomic E-state index is 0.00622. The van der Waals surface area contributed by atoms with E-state index in [1.54, 1.807) is 13.4 Å². The number of aromatic nitrogens is 2. The van der Waals surface area contributed by atoms with E-state index in [0.29, 0.717) is 19.4 Å². The molecule has 1 N–H and O–H groups in total. The second-order valence-corrected chi connectivity index (χ2v) is 7.23. The lowest BCUT2D eigenvalue weighted by Gasteiger charge is -2.42. The summed E-state index contributed by atoms with van der Waals surface area (Å²) in [5.74, 6) is 0.135.